The van der Waals surface area contributed by atoms with Crippen LogP contribution in [-0.2, 0) is 12.0 Å². The zero-order valence-electron chi connectivity index (χ0n) is 14.7. The fourth-order valence-electron chi connectivity index (χ4n) is 2.84. The third-order valence-electron chi connectivity index (χ3n) is 4.01. The molecule has 0 aromatic carbocycles. The van der Waals surface area contributed by atoms with Gasteiger partial charge in [-0.1, -0.05) is 6.92 Å². The van der Waals surface area contributed by atoms with Crippen molar-refractivity contribution >= 4 is 18.3 Å². The molecular weight excluding hydrogens is 314 g/mol. The zero-order valence-corrected chi connectivity index (χ0v) is 15.5. The van der Waals surface area contributed by atoms with Crippen molar-refractivity contribution in [2.24, 2.45) is 0 Å². The van der Waals surface area contributed by atoms with E-state index in [-0.39, 0.29) is 23.9 Å². The van der Waals surface area contributed by atoms with E-state index in [1.807, 2.05) is 4.68 Å². The number of hydrogen-bond acceptors (Lipinski definition) is 4. The van der Waals surface area contributed by atoms with Crippen LogP contribution in [0.4, 0.5) is 0 Å². The summed E-state index contributed by atoms with van der Waals surface area (Å²) in [6, 6.07) is 0. The Balaban J connectivity index is 0.00000264. The van der Waals surface area contributed by atoms with Gasteiger partial charge in [-0.3, -0.25) is 14.4 Å². The number of aromatic nitrogens is 2. The van der Waals surface area contributed by atoms with Crippen molar-refractivity contribution in [1.82, 2.24) is 25.3 Å². The molecule has 1 aliphatic rings. The molecule has 6 nitrogen and oxygen atoms in total. The maximum Gasteiger partial charge on any atom is 0.254 e. The number of rotatable bonds is 5. The van der Waals surface area contributed by atoms with Crippen molar-refractivity contribution in [2.75, 3.05) is 39.3 Å². The average molecular weight is 344 g/mol. The van der Waals surface area contributed by atoms with Crippen molar-refractivity contribution in [3.05, 3.63) is 17.5 Å². The second-order valence-corrected chi connectivity index (χ2v) is 6.79. The Bertz CT molecular complexity index is 503. The van der Waals surface area contributed by atoms with Crippen molar-refractivity contribution in [1.29, 1.82) is 0 Å². The first-order chi connectivity index (χ1) is 10.4. The van der Waals surface area contributed by atoms with Gasteiger partial charge in [-0.25, -0.2) is 0 Å². The summed E-state index contributed by atoms with van der Waals surface area (Å²) in [5.41, 5.74) is 1.61. The van der Waals surface area contributed by atoms with Gasteiger partial charge in [-0.2, -0.15) is 5.10 Å². The van der Waals surface area contributed by atoms with E-state index in [2.05, 4.69) is 48.3 Å². The van der Waals surface area contributed by atoms with Crippen LogP contribution in [0.15, 0.2) is 6.20 Å². The largest absolute Gasteiger partial charge is 0.351 e. The second kappa shape index (κ2) is 8.66. The molecule has 0 spiro atoms. The molecule has 2 N–H and O–H groups in total. The van der Waals surface area contributed by atoms with E-state index in [0.717, 1.165) is 44.8 Å². The lowest BCUT2D eigenvalue weighted by atomic mass is 10.1. The summed E-state index contributed by atoms with van der Waals surface area (Å²) in [7, 11) is 0. The summed E-state index contributed by atoms with van der Waals surface area (Å²) in [6.07, 6.45) is 2.50. The molecular formula is C16H30ClN5O. The quantitative estimate of drug-likeness (QED) is 0.845. The smallest absolute Gasteiger partial charge is 0.254 e. The highest BCUT2D eigenvalue weighted by molar-refractivity contribution is 5.95. The van der Waals surface area contributed by atoms with Crippen molar-refractivity contribution in [2.45, 2.75) is 39.7 Å². The lowest BCUT2D eigenvalue weighted by molar-refractivity contribution is 0.0946. The fourth-order valence-corrected chi connectivity index (χ4v) is 2.84. The molecule has 1 aromatic heterocycles. The molecule has 0 aliphatic carbocycles. The standard InChI is InChI=1S/C16H29N5O.ClH/c1-5-14-13(12-19-21(14)16(2,3)4)15(22)18-8-11-20-9-6-17-7-10-20;/h12,17H,5-11H2,1-4H3,(H,18,22);1H. The number of piperazine rings is 1. The van der Waals surface area contributed by atoms with Crippen LogP contribution in [-0.4, -0.2) is 59.9 Å². The zero-order chi connectivity index (χ0) is 16.2. The Morgan fingerprint density at radius 3 is 2.57 bits per heavy atom. The van der Waals surface area contributed by atoms with Gasteiger partial charge in [0.05, 0.1) is 23.0 Å². The summed E-state index contributed by atoms with van der Waals surface area (Å²) in [4.78, 5) is 14.8. The van der Waals surface area contributed by atoms with Crippen molar-refractivity contribution in [3.63, 3.8) is 0 Å². The fraction of sp³-hybridized carbons (Fsp3) is 0.750. The summed E-state index contributed by atoms with van der Waals surface area (Å²) in [5.74, 6) is -0.0116. The molecule has 2 heterocycles. The minimum atomic E-state index is -0.106. The predicted molar refractivity (Wildman–Crippen MR) is 95.5 cm³/mol. The van der Waals surface area contributed by atoms with Gasteiger partial charge in [-0.05, 0) is 27.2 Å². The van der Waals surface area contributed by atoms with Gasteiger partial charge in [0.2, 0.25) is 0 Å². The van der Waals surface area contributed by atoms with Crippen LogP contribution >= 0.6 is 12.4 Å². The Hall–Kier alpha value is -1.11. The first kappa shape index (κ1) is 19.9. The summed E-state index contributed by atoms with van der Waals surface area (Å²) < 4.78 is 1.96. The Morgan fingerprint density at radius 2 is 2.00 bits per heavy atom. The van der Waals surface area contributed by atoms with Gasteiger partial charge in [-0.15, -0.1) is 12.4 Å². The SMILES string of the molecule is CCc1c(C(=O)NCCN2CCNCC2)cnn1C(C)(C)C.Cl. The molecule has 1 aliphatic heterocycles. The maximum atomic E-state index is 12.4. The highest BCUT2D eigenvalue weighted by Crippen LogP contribution is 2.19. The molecule has 23 heavy (non-hydrogen) atoms. The third-order valence-corrected chi connectivity index (χ3v) is 4.01. The van der Waals surface area contributed by atoms with Gasteiger partial charge in [0.1, 0.15) is 0 Å². The average Bonchev–Trinajstić information content (AvgIpc) is 2.92. The number of amides is 1. The van der Waals surface area contributed by atoms with E-state index in [9.17, 15) is 4.79 Å². The normalized spacial score (nSPS) is 16.0. The van der Waals surface area contributed by atoms with Crippen LogP contribution in [0.3, 0.4) is 0 Å². The number of nitrogens with zero attached hydrogens (tertiary/aromatic N) is 3. The van der Waals surface area contributed by atoms with E-state index in [4.69, 9.17) is 0 Å². The van der Waals surface area contributed by atoms with Crippen LogP contribution in [0.2, 0.25) is 0 Å². The van der Waals surface area contributed by atoms with Crippen LogP contribution < -0.4 is 10.6 Å². The molecule has 0 atom stereocenters. The number of nitrogens with one attached hydrogen (secondary N) is 2. The summed E-state index contributed by atoms with van der Waals surface area (Å²) >= 11 is 0. The molecule has 0 unspecified atom stereocenters. The third kappa shape index (κ3) is 5.19. The molecule has 0 radical (unpaired) electrons. The first-order valence-corrected chi connectivity index (χ1v) is 8.22. The molecule has 0 bridgehead atoms. The van der Waals surface area contributed by atoms with Crippen molar-refractivity contribution in [3.8, 4) is 0 Å². The van der Waals surface area contributed by atoms with Gasteiger partial charge < -0.3 is 10.6 Å². The molecule has 7 heteroatoms. The lowest BCUT2D eigenvalue weighted by Crippen LogP contribution is -2.46. The summed E-state index contributed by atoms with van der Waals surface area (Å²) in [5, 5.41) is 10.8. The van der Waals surface area contributed by atoms with Crippen LogP contribution in [0.1, 0.15) is 43.7 Å². The Kier molecular flexibility index (Phi) is 7.51. The predicted octanol–water partition coefficient (Wildman–Crippen LogP) is 1.26. The van der Waals surface area contributed by atoms with Crippen LogP contribution in [0.25, 0.3) is 0 Å². The number of carbonyl (C=O) groups is 1. The van der Waals surface area contributed by atoms with Crippen molar-refractivity contribution < 1.29 is 4.79 Å². The molecule has 1 saturated heterocycles. The molecule has 1 aromatic rings. The first-order valence-electron chi connectivity index (χ1n) is 8.22. The molecule has 2 rings (SSSR count). The minimum absolute atomic E-state index is 0. The monoisotopic (exact) mass is 343 g/mol. The highest BCUT2D eigenvalue weighted by atomic mass is 35.5. The van der Waals surface area contributed by atoms with Crippen LogP contribution in [0, 0.1) is 0 Å². The number of hydrogen-bond donors (Lipinski definition) is 2. The number of carbonyl (C=O) groups excluding carboxylic acids is 1. The van der Waals surface area contributed by atoms with E-state index in [1.165, 1.54) is 0 Å². The molecule has 0 saturated carbocycles. The lowest BCUT2D eigenvalue weighted by Gasteiger charge is -2.27. The molecule has 1 fully saturated rings. The van der Waals surface area contributed by atoms with Crippen LogP contribution in [0.5, 0.6) is 0 Å². The van der Waals surface area contributed by atoms with E-state index in [0.29, 0.717) is 12.1 Å². The van der Waals surface area contributed by atoms with E-state index >= 15 is 0 Å². The number of halogens is 1. The van der Waals surface area contributed by atoms with E-state index in [1.54, 1.807) is 6.20 Å². The van der Waals surface area contributed by atoms with E-state index < -0.39 is 0 Å². The topological polar surface area (TPSA) is 62.2 Å². The molecule has 1 amide bonds. The Morgan fingerprint density at radius 1 is 1.35 bits per heavy atom. The summed E-state index contributed by atoms with van der Waals surface area (Å²) in [6.45, 7) is 14.1. The minimum Gasteiger partial charge on any atom is -0.351 e. The Labute approximate surface area is 145 Å². The maximum absolute atomic E-state index is 12.4. The van der Waals surface area contributed by atoms with Gasteiger partial charge in [0, 0.05) is 39.3 Å². The van der Waals surface area contributed by atoms with Gasteiger partial charge in [0.15, 0.2) is 0 Å². The highest BCUT2D eigenvalue weighted by Gasteiger charge is 2.23. The van der Waals surface area contributed by atoms with Gasteiger partial charge >= 0.3 is 0 Å². The second-order valence-electron chi connectivity index (χ2n) is 6.79. The molecule has 132 valence electrons. The van der Waals surface area contributed by atoms with Gasteiger partial charge in [0.25, 0.3) is 5.91 Å².